The number of carbonyl (C=O) groups is 3. The van der Waals surface area contributed by atoms with Crippen LogP contribution in [0.4, 0.5) is 5.13 Å². The van der Waals surface area contributed by atoms with E-state index >= 15 is 0 Å². The maximum absolute atomic E-state index is 13.1. The Hall–Kier alpha value is -2.74. The van der Waals surface area contributed by atoms with Gasteiger partial charge in [0.1, 0.15) is 5.75 Å². The van der Waals surface area contributed by atoms with Gasteiger partial charge in [0, 0.05) is 29.8 Å². The number of anilines is 1. The molecule has 170 valence electrons. The van der Waals surface area contributed by atoms with Crippen molar-refractivity contribution in [3.63, 3.8) is 0 Å². The Morgan fingerprint density at radius 2 is 1.97 bits per heavy atom. The maximum Gasteiger partial charge on any atom is 0.235 e. The van der Waals surface area contributed by atoms with Gasteiger partial charge in [-0.3, -0.25) is 19.3 Å². The van der Waals surface area contributed by atoms with E-state index in [4.69, 9.17) is 4.74 Å². The van der Waals surface area contributed by atoms with E-state index in [0.717, 1.165) is 29.8 Å². The number of nitrogens with one attached hydrogen (secondary N) is 1. The Bertz CT molecular complexity index is 1050. The van der Waals surface area contributed by atoms with E-state index in [2.05, 4.69) is 10.3 Å². The molecule has 1 aromatic heterocycles. The number of methoxy groups -OCH3 is 1. The minimum atomic E-state index is -0.507. The molecule has 4 rings (SSSR count). The van der Waals surface area contributed by atoms with Crippen LogP contribution in [0.25, 0.3) is 11.3 Å². The predicted octanol–water partition coefficient (Wildman–Crippen LogP) is 4.35. The van der Waals surface area contributed by atoms with Crippen LogP contribution in [0, 0.1) is 16.7 Å². The molecule has 2 heterocycles. The fourth-order valence-electron chi connectivity index (χ4n) is 4.92. The average molecular weight is 456 g/mol. The van der Waals surface area contributed by atoms with Crippen LogP contribution in [0.2, 0.25) is 0 Å². The molecule has 2 atom stereocenters. The van der Waals surface area contributed by atoms with Gasteiger partial charge < -0.3 is 10.1 Å². The van der Waals surface area contributed by atoms with Crippen LogP contribution >= 0.6 is 11.3 Å². The zero-order chi connectivity index (χ0) is 23.1. The maximum atomic E-state index is 13.1. The highest BCUT2D eigenvalue weighted by Gasteiger charge is 2.64. The highest BCUT2D eigenvalue weighted by molar-refractivity contribution is 7.14. The molecule has 32 heavy (non-hydrogen) atoms. The number of likely N-dealkylation sites (tertiary alicyclic amines) is 1. The minimum Gasteiger partial charge on any atom is -0.497 e. The molecule has 1 aliphatic carbocycles. The lowest BCUT2D eigenvalue weighted by molar-refractivity contribution is -0.168. The number of benzene rings is 1. The van der Waals surface area contributed by atoms with Gasteiger partial charge in [-0.25, -0.2) is 4.98 Å². The van der Waals surface area contributed by atoms with Crippen molar-refractivity contribution >= 4 is 34.2 Å². The number of hydrogen-bond donors (Lipinski definition) is 1. The van der Waals surface area contributed by atoms with Gasteiger partial charge in [0.2, 0.25) is 17.7 Å². The smallest absolute Gasteiger partial charge is 0.235 e. The van der Waals surface area contributed by atoms with Crippen LogP contribution in [0.1, 0.15) is 46.5 Å². The number of hydrogen-bond acceptors (Lipinski definition) is 6. The summed E-state index contributed by atoms with van der Waals surface area (Å²) in [5.74, 6) is 0.302. The Balaban J connectivity index is 1.31. The summed E-state index contributed by atoms with van der Waals surface area (Å²) in [6.07, 6.45) is 2.15. The van der Waals surface area contributed by atoms with Crippen LogP contribution in [-0.2, 0) is 14.4 Å². The molecule has 1 aromatic carbocycles. The molecule has 7 nitrogen and oxygen atoms in total. The van der Waals surface area contributed by atoms with E-state index < -0.39 is 5.41 Å². The summed E-state index contributed by atoms with van der Waals surface area (Å²) in [4.78, 5) is 44.2. The molecule has 1 saturated heterocycles. The topological polar surface area (TPSA) is 88.6 Å². The van der Waals surface area contributed by atoms with Crippen molar-refractivity contribution in [2.45, 2.75) is 46.5 Å². The first-order valence-electron chi connectivity index (χ1n) is 10.9. The second kappa shape index (κ2) is 8.31. The lowest BCUT2D eigenvalue weighted by Crippen LogP contribution is -2.59. The largest absolute Gasteiger partial charge is 0.497 e. The van der Waals surface area contributed by atoms with Crippen molar-refractivity contribution in [3.05, 3.63) is 29.6 Å². The molecule has 1 aliphatic heterocycles. The van der Waals surface area contributed by atoms with Crippen molar-refractivity contribution in [1.29, 1.82) is 0 Å². The van der Waals surface area contributed by atoms with Crippen molar-refractivity contribution in [2.75, 3.05) is 19.0 Å². The molecule has 8 heteroatoms. The molecule has 1 N–H and O–H groups in total. The van der Waals surface area contributed by atoms with Gasteiger partial charge >= 0.3 is 0 Å². The third-order valence-corrected chi connectivity index (χ3v) is 8.19. The Labute approximate surface area is 192 Å². The number of thiazole rings is 1. The Morgan fingerprint density at radius 3 is 2.66 bits per heavy atom. The molecule has 0 spiro atoms. The number of amides is 3. The number of carbonyl (C=O) groups excluding carboxylic acids is 3. The second-order valence-electron chi connectivity index (χ2n) is 9.36. The summed E-state index contributed by atoms with van der Waals surface area (Å²) in [7, 11) is 1.62. The van der Waals surface area contributed by atoms with Crippen LogP contribution in [0.3, 0.4) is 0 Å². The third kappa shape index (κ3) is 3.70. The van der Waals surface area contributed by atoms with Gasteiger partial charge in [-0.15, -0.1) is 11.3 Å². The van der Waals surface area contributed by atoms with Crippen LogP contribution in [0.15, 0.2) is 29.6 Å². The minimum absolute atomic E-state index is 0.0839. The highest BCUT2D eigenvalue weighted by atomic mass is 32.1. The molecule has 2 aromatic rings. The van der Waals surface area contributed by atoms with Crippen molar-refractivity contribution in [1.82, 2.24) is 9.88 Å². The molecule has 0 radical (unpaired) electrons. The van der Waals surface area contributed by atoms with E-state index in [1.165, 1.54) is 16.2 Å². The zero-order valence-electron chi connectivity index (χ0n) is 18.9. The fraction of sp³-hybridized carbons (Fsp3) is 0.500. The number of aromatic nitrogens is 1. The number of imide groups is 1. The zero-order valence-corrected chi connectivity index (χ0v) is 19.8. The van der Waals surface area contributed by atoms with Gasteiger partial charge in [0.15, 0.2) is 5.13 Å². The SMILES string of the molecule is COc1ccc(-c2csc(NC(=O)CCCN3C(=O)C4CCC(C)(C3=O)C4(C)C)n2)cc1. The molecule has 1 saturated carbocycles. The summed E-state index contributed by atoms with van der Waals surface area (Å²) in [5.41, 5.74) is 0.896. The average Bonchev–Trinajstić information content (AvgIpc) is 3.30. The number of nitrogens with zero attached hydrogens (tertiary/aromatic N) is 2. The Morgan fingerprint density at radius 1 is 1.25 bits per heavy atom. The van der Waals surface area contributed by atoms with Crippen molar-refractivity contribution < 1.29 is 19.1 Å². The van der Waals surface area contributed by atoms with Gasteiger partial charge in [-0.2, -0.15) is 0 Å². The lowest BCUT2D eigenvalue weighted by atomic mass is 9.62. The van der Waals surface area contributed by atoms with Crippen molar-refractivity contribution in [3.8, 4) is 17.0 Å². The summed E-state index contributed by atoms with van der Waals surface area (Å²) in [6.45, 7) is 6.31. The second-order valence-corrected chi connectivity index (χ2v) is 10.2. The predicted molar refractivity (Wildman–Crippen MR) is 123 cm³/mol. The Kier molecular flexibility index (Phi) is 5.83. The first-order valence-corrected chi connectivity index (χ1v) is 11.8. The summed E-state index contributed by atoms with van der Waals surface area (Å²) in [5, 5.41) is 5.24. The molecule has 2 unspecified atom stereocenters. The molecule has 2 aliphatic rings. The number of fused-ring (bicyclic) bond motifs is 2. The van der Waals surface area contributed by atoms with Crippen LogP contribution < -0.4 is 10.1 Å². The third-order valence-electron chi connectivity index (χ3n) is 7.43. The van der Waals surface area contributed by atoms with Crippen LogP contribution in [-0.4, -0.2) is 41.3 Å². The molecule has 2 fully saturated rings. The molecule has 2 bridgehead atoms. The van der Waals surface area contributed by atoms with E-state index in [9.17, 15) is 14.4 Å². The van der Waals surface area contributed by atoms with Crippen LogP contribution in [0.5, 0.6) is 5.75 Å². The van der Waals surface area contributed by atoms with Gasteiger partial charge in [-0.1, -0.05) is 20.8 Å². The van der Waals surface area contributed by atoms with E-state index in [1.807, 2.05) is 50.4 Å². The number of rotatable bonds is 7. The summed E-state index contributed by atoms with van der Waals surface area (Å²) >= 11 is 1.36. The summed E-state index contributed by atoms with van der Waals surface area (Å²) in [6, 6.07) is 7.57. The monoisotopic (exact) mass is 455 g/mol. The van der Waals surface area contributed by atoms with E-state index in [1.54, 1.807) is 7.11 Å². The van der Waals surface area contributed by atoms with E-state index in [0.29, 0.717) is 11.6 Å². The lowest BCUT2D eigenvalue weighted by Gasteiger charge is -2.47. The van der Waals surface area contributed by atoms with Gasteiger partial charge in [0.05, 0.1) is 18.2 Å². The standard InChI is InChI=1S/C24H29N3O4S/c1-23(2)17-11-12-24(23,3)21(30)27(20(17)29)13-5-6-19(28)26-22-25-18(14-32-22)15-7-9-16(31-4)10-8-15/h7-10,14,17H,5-6,11-13H2,1-4H3,(H,25,26,28). The van der Waals surface area contributed by atoms with E-state index in [-0.39, 0.29) is 42.0 Å². The van der Waals surface area contributed by atoms with Gasteiger partial charge in [-0.05, 0) is 48.9 Å². The fourth-order valence-corrected chi connectivity index (χ4v) is 5.65. The van der Waals surface area contributed by atoms with Crippen molar-refractivity contribution in [2.24, 2.45) is 16.7 Å². The molecular formula is C24H29N3O4S. The highest BCUT2D eigenvalue weighted by Crippen LogP contribution is 2.60. The van der Waals surface area contributed by atoms with Gasteiger partial charge in [0.25, 0.3) is 0 Å². The first-order chi connectivity index (χ1) is 15.2. The number of piperidine rings is 1. The number of ether oxygens (including phenoxy) is 1. The first kappa shape index (κ1) is 22.5. The summed E-state index contributed by atoms with van der Waals surface area (Å²) < 4.78 is 5.17. The quantitative estimate of drug-likeness (QED) is 0.627. The molecular weight excluding hydrogens is 426 g/mol. The normalized spacial score (nSPS) is 24.0. The molecule has 3 amide bonds.